The number of likely N-dealkylation sites (tertiary alicyclic amines) is 1. The van der Waals surface area contributed by atoms with E-state index >= 15 is 0 Å². The molecule has 134 valence electrons. The first-order valence-corrected chi connectivity index (χ1v) is 9.55. The van der Waals surface area contributed by atoms with Gasteiger partial charge in [-0.1, -0.05) is 22.0 Å². The van der Waals surface area contributed by atoms with E-state index in [4.69, 9.17) is 0 Å². The van der Waals surface area contributed by atoms with Crippen LogP contribution >= 0.6 is 15.9 Å². The molecule has 0 bridgehead atoms. The van der Waals surface area contributed by atoms with E-state index in [2.05, 4.69) is 49.1 Å². The predicted octanol–water partition coefficient (Wildman–Crippen LogP) is 4.01. The molecule has 1 fully saturated rings. The van der Waals surface area contributed by atoms with Crippen LogP contribution in [-0.2, 0) is 6.54 Å². The van der Waals surface area contributed by atoms with E-state index in [9.17, 15) is 5.11 Å². The van der Waals surface area contributed by atoms with Crippen molar-refractivity contribution in [1.82, 2.24) is 14.9 Å². The van der Waals surface area contributed by atoms with E-state index in [0.717, 1.165) is 64.1 Å². The number of anilines is 2. The van der Waals surface area contributed by atoms with Crippen molar-refractivity contribution in [1.29, 1.82) is 0 Å². The molecule has 0 amide bonds. The lowest BCUT2D eigenvalue weighted by atomic mass is 10.1. The molecule has 2 N–H and O–H groups in total. The number of hydrogen-bond donors (Lipinski definition) is 2. The van der Waals surface area contributed by atoms with Gasteiger partial charge in [0.15, 0.2) is 5.82 Å². The van der Waals surface area contributed by atoms with Crippen molar-refractivity contribution in [2.24, 2.45) is 0 Å². The molecular formula is C20H21BrN4O. The number of nitrogens with zero attached hydrogens (tertiary/aromatic N) is 3. The molecule has 4 rings (SSSR count). The number of hydrogen-bond acceptors (Lipinski definition) is 5. The third-order valence-corrected chi connectivity index (χ3v) is 5.69. The van der Waals surface area contributed by atoms with Crippen LogP contribution in [0.5, 0.6) is 0 Å². The maximum Gasteiger partial charge on any atom is 0.156 e. The van der Waals surface area contributed by atoms with Gasteiger partial charge in [-0.3, -0.25) is 9.88 Å². The fourth-order valence-corrected chi connectivity index (χ4v) is 3.73. The number of fused-ring (bicyclic) bond motifs is 1. The van der Waals surface area contributed by atoms with Gasteiger partial charge >= 0.3 is 0 Å². The van der Waals surface area contributed by atoms with Crippen molar-refractivity contribution in [3.8, 4) is 0 Å². The monoisotopic (exact) mass is 412 g/mol. The first-order chi connectivity index (χ1) is 12.6. The van der Waals surface area contributed by atoms with Crippen molar-refractivity contribution in [2.45, 2.75) is 26.0 Å². The standard InChI is InChI=1S/C20H21BrN4O/c1-13-17(21)3-2-4-18(13)24-20-19-15(5-7-22-20)9-14(10-23-19)11-25-8-6-16(26)12-25/h2-5,7,9-10,16,26H,6,8,11-12H2,1H3,(H,22,24). The van der Waals surface area contributed by atoms with E-state index in [1.54, 1.807) is 0 Å². The molecule has 5 nitrogen and oxygen atoms in total. The minimum atomic E-state index is -0.197. The summed E-state index contributed by atoms with van der Waals surface area (Å²) in [7, 11) is 0. The van der Waals surface area contributed by atoms with Gasteiger partial charge in [-0.2, -0.15) is 0 Å². The number of nitrogens with one attached hydrogen (secondary N) is 1. The lowest BCUT2D eigenvalue weighted by molar-refractivity contribution is 0.175. The molecule has 0 radical (unpaired) electrons. The maximum absolute atomic E-state index is 9.69. The lowest BCUT2D eigenvalue weighted by Crippen LogP contribution is -2.21. The summed E-state index contributed by atoms with van der Waals surface area (Å²) >= 11 is 3.57. The van der Waals surface area contributed by atoms with Crippen molar-refractivity contribution < 1.29 is 5.11 Å². The fourth-order valence-electron chi connectivity index (χ4n) is 3.37. The Morgan fingerprint density at radius 3 is 3.00 bits per heavy atom. The normalized spacial score (nSPS) is 17.7. The summed E-state index contributed by atoms with van der Waals surface area (Å²) in [5, 5.41) is 14.2. The summed E-state index contributed by atoms with van der Waals surface area (Å²) in [5.41, 5.74) is 4.16. The first kappa shape index (κ1) is 17.4. The average molecular weight is 413 g/mol. The van der Waals surface area contributed by atoms with Gasteiger partial charge in [-0.15, -0.1) is 0 Å². The first-order valence-electron chi connectivity index (χ1n) is 8.76. The van der Waals surface area contributed by atoms with Crippen molar-refractivity contribution >= 4 is 38.3 Å². The average Bonchev–Trinajstić information content (AvgIpc) is 3.04. The van der Waals surface area contributed by atoms with Crippen LogP contribution in [0.1, 0.15) is 17.5 Å². The number of β-amino-alcohol motifs (C(OH)–C–C–N with tert-alkyl or cyclic N) is 1. The number of aliphatic hydroxyl groups excluding tert-OH is 1. The van der Waals surface area contributed by atoms with E-state index in [1.807, 2.05) is 36.7 Å². The largest absolute Gasteiger partial charge is 0.392 e. The zero-order valence-electron chi connectivity index (χ0n) is 14.6. The SMILES string of the molecule is Cc1c(Br)cccc1Nc1nccc2cc(CN3CCC(O)C3)cnc12. The van der Waals surface area contributed by atoms with Crippen LogP contribution in [0.4, 0.5) is 11.5 Å². The van der Waals surface area contributed by atoms with Gasteiger partial charge in [-0.25, -0.2) is 4.98 Å². The van der Waals surface area contributed by atoms with Gasteiger partial charge in [0.25, 0.3) is 0 Å². The maximum atomic E-state index is 9.69. The summed E-state index contributed by atoms with van der Waals surface area (Å²) in [6, 6.07) is 10.2. The van der Waals surface area contributed by atoms with Gasteiger partial charge < -0.3 is 10.4 Å². The molecule has 1 aliphatic rings. The molecule has 0 aliphatic carbocycles. The molecule has 0 spiro atoms. The molecule has 6 heteroatoms. The molecule has 1 aliphatic heterocycles. The minimum Gasteiger partial charge on any atom is -0.392 e. The van der Waals surface area contributed by atoms with Gasteiger partial charge in [0.2, 0.25) is 0 Å². The van der Waals surface area contributed by atoms with Crippen LogP contribution in [0.3, 0.4) is 0 Å². The summed E-state index contributed by atoms with van der Waals surface area (Å²) in [4.78, 5) is 11.4. The Morgan fingerprint density at radius 2 is 2.19 bits per heavy atom. The zero-order chi connectivity index (χ0) is 18.1. The summed E-state index contributed by atoms with van der Waals surface area (Å²) in [6.45, 7) is 4.55. The lowest BCUT2D eigenvalue weighted by Gasteiger charge is -2.15. The number of rotatable bonds is 4. The second kappa shape index (κ2) is 7.31. The van der Waals surface area contributed by atoms with Crippen LogP contribution in [0, 0.1) is 6.92 Å². The van der Waals surface area contributed by atoms with Crippen molar-refractivity contribution in [3.63, 3.8) is 0 Å². The van der Waals surface area contributed by atoms with Gasteiger partial charge in [0.05, 0.1) is 6.10 Å². The van der Waals surface area contributed by atoms with E-state index < -0.39 is 0 Å². The highest BCUT2D eigenvalue weighted by Gasteiger charge is 2.20. The summed E-state index contributed by atoms with van der Waals surface area (Å²) in [6.07, 6.45) is 4.37. The second-order valence-electron chi connectivity index (χ2n) is 6.79. The Hall–Kier alpha value is -2.02. The molecule has 1 saturated heterocycles. The molecule has 2 aromatic heterocycles. The highest BCUT2D eigenvalue weighted by atomic mass is 79.9. The highest BCUT2D eigenvalue weighted by Crippen LogP contribution is 2.28. The molecule has 1 aromatic carbocycles. The molecule has 3 heterocycles. The molecular weight excluding hydrogens is 392 g/mol. The second-order valence-corrected chi connectivity index (χ2v) is 7.64. The van der Waals surface area contributed by atoms with Crippen LogP contribution in [-0.4, -0.2) is 39.2 Å². The minimum absolute atomic E-state index is 0.197. The Balaban J connectivity index is 1.61. The van der Waals surface area contributed by atoms with Crippen molar-refractivity contribution in [2.75, 3.05) is 18.4 Å². The van der Waals surface area contributed by atoms with E-state index in [-0.39, 0.29) is 6.10 Å². The topological polar surface area (TPSA) is 61.3 Å². The smallest absolute Gasteiger partial charge is 0.156 e. The predicted molar refractivity (Wildman–Crippen MR) is 108 cm³/mol. The molecule has 26 heavy (non-hydrogen) atoms. The number of halogens is 1. The quantitative estimate of drug-likeness (QED) is 0.677. The highest BCUT2D eigenvalue weighted by molar-refractivity contribution is 9.10. The Bertz CT molecular complexity index is 946. The number of pyridine rings is 2. The molecule has 1 atom stereocenters. The van der Waals surface area contributed by atoms with E-state index in [0.29, 0.717) is 0 Å². The Labute approximate surface area is 161 Å². The van der Waals surface area contributed by atoms with Crippen LogP contribution in [0.15, 0.2) is 47.2 Å². The summed E-state index contributed by atoms with van der Waals surface area (Å²) in [5.74, 6) is 0.756. The molecule has 1 unspecified atom stereocenters. The Morgan fingerprint density at radius 1 is 1.31 bits per heavy atom. The molecule has 3 aromatic rings. The van der Waals surface area contributed by atoms with Crippen LogP contribution in [0.2, 0.25) is 0 Å². The van der Waals surface area contributed by atoms with Gasteiger partial charge in [0, 0.05) is 47.6 Å². The third-order valence-electron chi connectivity index (χ3n) is 4.83. The van der Waals surface area contributed by atoms with Gasteiger partial charge in [0.1, 0.15) is 5.52 Å². The molecule has 0 saturated carbocycles. The van der Waals surface area contributed by atoms with Crippen molar-refractivity contribution in [3.05, 3.63) is 58.3 Å². The number of aromatic nitrogens is 2. The zero-order valence-corrected chi connectivity index (χ0v) is 16.2. The number of aliphatic hydroxyl groups is 1. The van der Waals surface area contributed by atoms with Gasteiger partial charge in [-0.05, 0) is 48.7 Å². The number of benzene rings is 1. The third kappa shape index (κ3) is 3.58. The van der Waals surface area contributed by atoms with Crippen LogP contribution in [0.25, 0.3) is 10.9 Å². The Kier molecular flexibility index (Phi) is 4.89. The van der Waals surface area contributed by atoms with Crippen LogP contribution < -0.4 is 5.32 Å². The summed E-state index contributed by atoms with van der Waals surface area (Å²) < 4.78 is 1.06. The van der Waals surface area contributed by atoms with E-state index in [1.165, 1.54) is 0 Å². The fraction of sp³-hybridized carbons (Fsp3) is 0.300.